The molecule has 0 aromatic carbocycles. The van der Waals surface area contributed by atoms with Gasteiger partial charge in [-0.1, -0.05) is 51.0 Å². The van der Waals surface area contributed by atoms with Gasteiger partial charge in [0, 0.05) is 12.5 Å². The zero-order valence-electron chi connectivity index (χ0n) is 22.1. The fourth-order valence-electron chi connectivity index (χ4n) is 7.50. The summed E-state index contributed by atoms with van der Waals surface area (Å²) in [5.74, 6) is 1.78. The second-order valence-electron chi connectivity index (χ2n) is 12.5. The van der Waals surface area contributed by atoms with E-state index in [0.29, 0.717) is 36.5 Å². The van der Waals surface area contributed by atoms with E-state index in [9.17, 15) is 15.3 Å². The monoisotopic (exact) mass is 474 g/mol. The summed E-state index contributed by atoms with van der Waals surface area (Å²) >= 11 is 0. The lowest BCUT2D eigenvalue weighted by molar-refractivity contribution is 0.0112. The third kappa shape index (κ3) is 6.24. The van der Waals surface area contributed by atoms with Gasteiger partial charge in [-0.25, -0.2) is 0 Å². The number of aliphatic hydroxyl groups excluding tert-OH is 3. The van der Waals surface area contributed by atoms with Crippen LogP contribution in [0.4, 0.5) is 0 Å². The molecule has 0 radical (unpaired) electrons. The molecule has 0 bridgehead atoms. The maximum atomic E-state index is 10.7. The molecule has 3 rings (SSSR count). The molecule has 0 aliphatic heterocycles. The predicted molar refractivity (Wildman–Crippen MR) is 139 cm³/mol. The van der Waals surface area contributed by atoms with Crippen LogP contribution >= 0.6 is 0 Å². The van der Waals surface area contributed by atoms with Gasteiger partial charge in [-0.15, -0.1) is 0 Å². The van der Waals surface area contributed by atoms with Gasteiger partial charge in [0.05, 0.1) is 17.8 Å². The van der Waals surface area contributed by atoms with Crippen LogP contribution < -0.4 is 0 Å². The molecule has 0 amide bonds. The van der Waals surface area contributed by atoms with Crippen LogP contribution in [0.3, 0.4) is 0 Å². The summed E-state index contributed by atoms with van der Waals surface area (Å²) in [6.07, 6.45) is 14.2. The van der Waals surface area contributed by atoms with Crippen LogP contribution in [0.5, 0.6) is 0 Å². The Morgan fingerprint density at radius 1 is 1.18 bits per heavy atom. The SMILES string of the molecule is C=C1C(=CC=C2CCC[C@@]3(C)C2CC[C@@H]3[C@H](C)CCCC(C)(C)O)C[C@@H](O)[C@H](CCCO)[C@@H]1O. The Morgan fingerprint density at radius 2 is 1.91 bits per heavy atom. The van der Waals surface area contributed by atoms with Gasteiger partial charge in [0.15, 0.2) is 0 Å². The van der Waals surface area contributed by atoms with Gasteiger partial charge in [0.1, 0.15) is 0 Å². The molecule has 0 heterocycles. The van der Waals surface area contributed by atoms with E-state index in [1.54, 1.807) is 0 Å². The van der Waals surface area contributed by atoms with Crippen LogP contribution in [0.2, 0.25) is 0 Å². The van der Waals surface area contributed by atoms with Crippen molar-refractivity contribution in [1.82, 2.24) is 0 Å². The van der Waals surface area contributed by atoms with Crippen molar-refractivity contribution in [2.45, 2.75) is 116 Å². The molecule has 4 heteroatoms. The summed E-state index contributed by atoms with van der Waals surface area (Å²) in [5, 5.41) is 40.6. The Labute approximate surface area is 207 Å². The van der Waals surface area contributed by atoms with Gasteiger partial charge >= 0.3 is 0 Å². The second-order valence-corrected chi connectivity index (χ2v) is 12.5. The molecule has 0 spiro atoms. The van der Waals surface area contributed by atoms with Crippen molar-refractivity contribution in [3.63, 3.8) is 0 Å². The van der Waals surface area contributed by atoms with Gasteiger partial charge in [0.2, 0.25) is 0 Å². The summed E-state index contributed by atoms with van der Waals surface area (Å²) in [4.78, 5) is 0. The van der Waals surface area contributed by atoms with Gasteiger partial charge in [-0.2, -0.15) is 0 Å². The van der Waals surface area contributed by atoms with E-state index in [1.165, 1.54) is 37.7 Å². The Bertz CT molecular complexity index is 760. The lowest BCUT2D eigenvalue weighted by Gasteiger charge is -2.44. The van der Waals surface area contributed by atoms with Crippen molar-refractivity contribution in [2.75, 3.05) is 6.61 Å². The highest BCUT2D eigenvalue weighted by molar-refractivity contribution is 5.39. The van der Waals surface area contributed by atoms with E-state index in [4.69, 9.17) is 5.11 Å². The highest BCUT2D eigenvalue weighted by Crippen LogP contribution is 2.60. The second kappa shape index (κ2) is 11.4. The molecule has 7 atom stereocenters. The number of hydrogen-bond acceptors (Lipinski definition) is 4. The molecule has 34 heavy (non-hydrogen) atoms. The molecule has 4 N–H and O–H groups in total. The number of allylic oxidation sites excluding steroid dienone is 3. The minimum Gasteiger partial charge on any atom is -0.396 e. The van der Waals surface area contributed by atoms with Crippen LogP contribution in [0.25, 0.3) is 0 Å². The number of rotatable bonds is 9. The van der Waals surface area contributed by atoms with Crippen molar-refractivity contribution < 1.29 is 20.4 Å². The van der Waals surface area contributed by atoms with E-state index >= 15 is 0 Å². The number of fused-ring (bicyclic) bond motifs is 1. The van der Waals surface area contributed by atoms with Gasteiger partial charge < -0.3 is 20.4 Å². The maximum absolute atomic E-state index is 10.7. The molecule has 3 aliphatic carbocycles. The maximum Gasteiger partial charge on any atom is 0.0839 e. The molecule has 0 aromatic rings. The summed E-state index contributed by atoms with van der Waals surface area (Å²) in [6.45, 7) is 13.0. The van der Waals surface area contributed by atoms with E-state index in [-0.39, 0.29) is 12.5 Å². The Hall–Kier alpha value is -0.940. The first-order valence-electron chi connectivity index (χ1n) is 13.8. The average molecular weight is 475 g/mol. The van der Waals surface area contributed by atoms with Crippen LogP contribution in [-0.4, -0.2) is 44.8 Å². The van der Waals surface area contributed by atoms with E-state index in [0.717, 1.165) is 36.3 Å². The van der Waals surface area contributed by atoms with Crippen LogP contribution in [-0.2, 0) is 0 Å². The minimum atomic E-state index is -0.739. The third-order valence-corrected chi connectivity index (χ3v) is 9.47. The van der Waals surface area contributed by atoms with E-state index < -0.39 is 17.8 Å². The molecule has 3 saturated carbocycles. The lowest BCUT2D eigenvalue weighted by atomic mass is 9.60. The Kier molecular flexibility index (Phi) is 9.28. The normalized spacial score (nSPS) is 37.9. The summed E-state index contributed by atoms with van der Waals surface area (Å²) in [6, 6.07) is 0. The van der Waals surface area contributed by atoms with Crippen molar-refractivity contribution in [3.05, 3.63) is 35.5 Å². The summed E-state index contributed by atoms with van der Waals surface area (Å²) in [7, 11) is 0. The molecule has 1 unspecified atom stereocenters. The first-order valence-corrected chi connectivity index (χ1v) is 13.8. The van der Waals surface area contributed by atoms with E-state index in [1.807, 2.05) is 13.8 Å². The molecule has 0 aromatic heterocycles. The van der Waals surface area contributed by atoms with Gasteiger partial charge in [-0.3, -0.25) is 0 Å². The summed E-state index contributed by atoms with van der Waals surface area (Å²) < 4.78 is 0. The molecular formula is C30H50O4. The van der Waals surface area contributed by atoms with Crippen molar-refractivity contribution in [2.24, 2.45) is 29.1 Å². The van der Waals surface area contributed by atoms with Gasteiger partial charge in [-0.05, 0) is 106 Å². The van der Waals surface area contributed by atoms with Crippen LogP contribution in [0.15, 0.2) is 35.5 Å². The molecular weight excluding hydrogens is 424 g/mol. The average Bonchev–Trinajstić information content (AvgIpc) is 3.12. The highest BCUT2D eigenvalue weighted by atomic mass is 16.3. The number of aliphatic hydroxyl groups is 4. The minimum absolute atomic E-state index is 0.0798. The quantitative estimate of drug-likeness (QED) is 0.345. The molecule has 3 aliphatic rings. The van der Waals surface area contributed by atoms with E-state index in [2.05, 4.69) is 32.6 Å². The third-order valence-electron chi connectivity index (χ3n) is 9.47. The van der Waals surface area contributed by atoms with Crippen molar-refractivity contribution >= 4 is 0 Å². The van der Waals surface area contributed by atoms with Crippen molar-refractivity contribution in [3.8, 4) is 0 Å². The standard InChI is InChI=1S/C30H50O4/c1-20(9-6-16-29(3,4)34)25-14-15-26-22(10-7-17-30(25,26)5)12-13-23-19-27(32)24(11-8-18-31)28(33)21(23)2/h12-13,20,24-28,31-34H,2,6-11,14-19H2,1,3-5H3/t20-,24+,25-,26?,27-,28-,30-/m1/s1. The van der Waals surface area contributed by atoms with Gasteiger partial charge in [0.25, 0.3) is 0 Å². The lowest BCUT2D eigenvalue weighted by Crippen LogP contribution is -2.38. The molecule has 194 valence electrons. The fourth-order valence-corrected chi connectivity index (χ4v) is 7.50. The highest BCUT2D eigenvalue weighted by Gasteiger charge is 2.50. The molecule has 0 saturated heterocycles. The first-order chi connectivity index (χ1) is 16.0. The van der Waals surface area contributed by atoms with Crippen LogP contribution in [0.1, 0.15) is 98.3 Å². The summed E-state index contributed by atoms with van der Waals surface area (Å²) in [5.41, 5.74) is 3.00. The molecule has 3 fully saturated rings. The van der Waals surface area contributed by atoms with Crippen LogP contribution in [0, 0.1) is 29.1 Å². The number of hydrogen-bond donors (Lipinski definition) is 4. The smallest absolute Gasteiger partial charge is 0.0839 e. The van der Waals surface area contributed by atoms with Crippen molar-refractivity contribution in [1.29, 1.82) is 0 Å². The predicted octanol–water partition coefficient (Wildman–Crippen LogP) is 5.70. The zero-order valence-corrected chi connectivity index (χ0v) is 22.1. The largest absolute Gasteiger partial charge is 0.396 e. The Morgan fingerprint density at radius 3 is 2.59 bits per heavy atom. The zero-order chi connectivity index (χ0) is 25.1. The molecule has 4 nitrogen and oxygen atoms in total. The Balaban J connectivity index is 1.69. The fraction of sp³-hybridized carbons (Fsp3) is 0.800. The first kappa shape index (κ1) is 27.6. The topological polar surface area (TPSA) is 80.9 Å².